The van der Waals surface area contributed by atoms with Crippen LogP contribution in [0.1, 0.15) is 28.7 Å². The number of halogens is 1. The molecule has 1 unspecified atom stereocenters. The molecule has 2 aromatic rings. The molecule has 0 aliphatic carbocycles. The first-order chi connectivity index (χ1) is 10.2. The van der Waals surface area contributed by atoms with Crippen molar-refractivity contribution in [1.29, 1.82) is 0 Å². The van der Waals surface area contributed by atoms with Gasteiger partial charge in [0.05, 0.1) is 0 Å². The lowest BCUT2D eigenvalue weighted by Gasteiger charge is -2.37. The van der Waals surface area contributed by atoms with Crippen LogP contribution in [0.4, 0.5) is 0 Å². The van der Waals surface area contributed by atoms with Gasteiger partial charge in [-0.3, -0.25) is 4.99 Å². The van der Waals surface area contributed by atoms with Gasteiger partial charge in [0.25, 0.3) is 0 Å². The lowest BCUT2D eigenvalue weighted by Crippen LogP contribution is -2.47. The fourth-order valence-electron chi connectivity index (χ4n) is 3.43. The minimum absolute atomic E-state index is 0. The largest absolute Gasteiger partial charge is 0.363 e. The molecular weight excluding hydrogens is 296 g/mol. The third kappa shape index (κ3) is 1.97. The van der Waals surface area contributed by atoms with Gasteiger partial charge in [-0.1, -0.05) is 48.0 Å². The number of fused-ring (bicyclic) bond motifs is 3. The van der Waals surface area contributed by atoms with Crippen molar-refractivity contribution in [3.63, 3.8) is 0 Å². The van der Waals surface area contributed by atoms with Crippen LogP contribution in [0, 0.1) is 6.92 Å². The molecule has 0 radical (unpaired) electrons. The highest BCUT2D eigenvalue weighted by Crippen LogP contribution is 2.43. The molecule has 1 N–H and O–H groups in total. The summed E-state index contributed by atoms with van der Waals surface area (Å²) in [5.74, 6) is 0.936. The lowest BCUT2D eigenvalue weighted by atomic mass is 9.93. The van der Waals surface area contributed by atoms with E-state index in [9.17, 15) is 5.11 Å². The molecule has 2 heterocycles. The third-order valence-corrected chi connectivity index (χ3v) is 4.42. The first-order valence-electron chi connectivity index (χ1n) is 7.43. The zero-order valence-electron chi connectivity index (χ0n) is 12.5. The monoisotopic (exact) mass is 314 g/mol. The second kappa shape index (κ2) is 5.41. The number of hydrogen-bond acceptors (Lipinski definition) is 3. The van der Waals surface area contributed by atoms with E-state index in [1.165, 1.54) is 5.56 Å². The summed E-state index contributed by atoms with van der Waals surface area (Å²) in [5.41, 5.74) is 3.02. The number of benzene rings is 2. The van der Waals surface area contributed by atoms with E-state index in [0.717, 1.165) is 42.0 Å². The van der Waals surface area contributed by atoms with Gasteiger partial charge in [-0.15, -0.1) is 12.4 Å². The van der Waals surface area contributed by atoms with E-state index in [4.69, 9.17) is 0 Å². The topological polar surface area (TPSA) is 35.8 Å². The van der Waals surface area contributed by atoms with Gasteiger partial charge in [-0.25, -0.2) is 0 Å². The van der Waals surface area contributed by atoms with Crippen molar-refractivity contribution in [2.45, 2.75) is 19.1 Å². The first kappa shape index (κ1) is 15.1. The third-order valence-electron chi connectivity index (χ3n) is 4.42. The smallest absolute Gasteiger partial charge is 0.193 e. The number of aliphatic imine (C=N–C) groups is 1. The highest BCUT2D eigenvalue weighted by atomic mass is 35.5. The summed E-state index contributed by atoms with van der Waals surface area (Å²) in [6, 6.07) is 16.1. The van der Waals surface area contributed by atoms with Crippen LogP contribution in [-0.4, -0.2) is 28.9 Å². The predicted molar refractivity (Wildman–Crippen MR) is 90.6 cm³/mol. The summed E-state index contributed by atoms with van der Waals surface area (Å²) in [6.45, 7) is 3.75. The van der Waals surface area contributed by atoms with Crippen LogP contribution in [-0.2, 0) is 5.72 Å². The molecule has 114 valence electrons. The van der Waals surface area contributed by atoms with Gasteiger partial charge in [0, 0.05) is 29.8 Å². The fourth-order valence-corrected chi connectivity index (χ4v) is 3.43. The average Bonchev–Trinajstić information content (AvgIpc) is 2.79. The van der Waals surface area contributed by atoms with Crippen molar-refractivity contribution < 1.29 is 5.11 Å². The summed E-state index contributed by atoms with van der Waals surface area (Å²) in [4.78, 5) is 6.73. The van der Waals surface area contributed by atoms with Crippen molar-refractivity contribution in [3.05, 3.63) is 70.8 Å². The van der Waals surface area contributed by atoms with E-state index >= 15 is 0 Å². The molecule has 3 nitrogen and oxygen atoms in total. The summed E-state index contributed by atoms with van der Waals surface area (Å²) >= 11 is 0. The van der Waals surface area contributed by atoms with Crippen LogP contribution in [0.5, 0.6) is 0 Å². The quantitative estimate of drug-likeness (QED) is 0.878. The van der Waals surface area contributed by atoms with Crippen molar-refractivity contribution in [1.82, 2.24) is 4.90 Å². The molecule has 0 amide bonds. The fraction of sp³-hybridized carbons (Fsp3) is 0.278. The number of nitrogens with zero attached hydrogens (tertiary/aromatic N) is 2. The Balaban J connectivity index is 0.00000144. The van der Waals surface area contributed by atoms with Crippen LogP contribution in [0.15, 0.2) is 53.5 Å². The molecule has 2 aromatic carbocycles. The highest BCUT2D eigenvalue weighted by Gasteiger charge is 2.48. The van der Waals surface area contributed by atoms with Gasteiger partial charge in [0.1, 0.15) is 5.84 Å². The van der Waals surface area contributed by atoms with E-state index in [1.807, 2.05) is 36.4 Å². The molecule has 2 aliphatic rings. The number of rotatable bonds is 1. The molecule has 0 saturated carbocycles. The first-order valence-corrected chi connectivity index (χ1v) is 7.43. The maximum absolute atomic E-state index is 11.5. The summed E-state index contributed by atoms with van der Waals surface area (Å²) in [7, 11) is 0. The average molecular weight is 315 g/mol. The Bertz CT molecular complexity index is 729. The maximum Gasteiger partial charge on any atom is 0.193 e. The van der Waals surface area contributed by atoms with Crippen LogP contribution < -0.4 is 0 Å². The van der Waals surface area contributed by atoms with Crippen molar-refractivity contribution in [3.8, 4) is 0 Å². The molecule has 0 saturated heterocycles. The van der Waals surface area contributed by atoms with Crippen molar-refractivity contribution in [2.24, 2.45) is 4.99 Å². The van der Waals surface area contributed by atoms with Gasteiger partial charge in [0.2, 0.25) is 0 Å². The molecule has 1 atom stereocenters. The number of amidine groups is 1. The Morgan fingerprint density at radius 2 is 1.91 bits per heavy atom. The standard InChI is InChI=1S/C18H18N2O.ClH/c1-13-8-9-16-15(12-13)17-19-10-5-11-20(17)18(16,21)14-6-3-2-4-7-14;/h2-4,6-9,12,21H,5,10-11H2,1H3;1H. The van der Waals surface area contributed by atoms with E-state index in [0.29, 0.717) is 0 Å². The molecule has 2 aliphatic heterocycles. The Morgan fingerprint density at radius 1 is 1.14 bits per heavy atom. The summed E-state index contributed by atoms with van der Waals surface area (Å²) < 4.78 is 0. The van der Waals surface area contributed by atoms with Crippen LogP contribution in [0.25, 0.3) is 0 Å². The highest BCUT2D eigenvalue weighted by molar-refractivity contribution is 6.04. The lowest BCUT2D eigenvalue weighted by molar-refractivity contribution is -0.0317. The SMILES string of the molecule is Cc1ccc2c(c1)C1=NCCCN1C2(O)c1ccccc1.Cl. The van der Waals surface area contributed by atoms with Crippen molar-refractivity contribution in [2.75, 3.05) is 13.1 Å². The van der Waals surface area contributed by atoms with Gasteiger partial charge in [-0.2, -0.15) is 0 Å². The molecule has 0 bridgehead atoms. The molecule has 4 heteroatoms. The molecule has 0 fully saturated rings. The Labute approximate surface area is 136 Å². The van der Waals surface area contributed by atoms with Gasteiger partial charge in [-0.05, 0) is 19.4 Å². The summed E-state index contributed by atoms with van der Waals surface area (Å²) in [5, 5.41) is 11.5. The van der Waals surface area contributed by atoms with E-state index < -0.39 is 5.72 Å². The van der Waals surface area contributed by atoms with Gasteiger partial charge < -0.3 is 10.0 Å². The van der Waals surface area contributed by atoms with Gasteiger partial charge in [0.15, 0.2) is 5.72 Å². The van der Waals surface area contributed by atoms with E-state index in [-0.39, 0.29) is 12.4 Å². The Kier molecular flexibility index (Phi) is 3.71. The minimum atomic E-state index is -1.09. The minimum Gasteiger partial charge on any atom is -0.363 e. The van der Waals surface area contributed by atoms with Crippen LogP contribution in [0.3, 0.4) is 0 Å². The number of hydrogen-bond donors (Lipinski definition) is 1. The number of aliphatic hydroxyl groups is 1. The van der Waals surface area contributed by atoms with E-state index in [1.54, 1.807) is 0 Å². The molecule has 22 heavy (non-hydrogen) atoms. The van der Waals surface area contributed by atoms with Crippen molar-refractivity contribution >= 4 is 18.2 Å². The molecule has 4 rings (SSSR count). The summed E-state index contributed by atoms with van der Waals surface area (Å²) in [6.07, 6.45) is 0.978. The second-order valence-corrected chi connectivity index (χ2v) is 5.80. The predicted octanol–water partition coefficient (Wildman–Crippen LogP) is 3.08. The second-order valence-electron chi connectivity index (χ2n) is 5.80. The molecule has 0 spiro atoms. The van der Waals surface area contributed by atoms with Crippen LogP contribution >= 0.6 is 12.4 Å². The van der Waals surface area contributed by atoms with E-state index in [2.05, 4.69) is 28.9 Å². The Morgan fingerprint density at radius 3 is 2.68 bits per heavy atom. The maximum atomic E-state index is 11.5. The zero-order chi connectivity index (χ0) is 14.4. The van der Waals surface area contributed by atoms with Crippen LogP contribution in [0.2, 0.25) is 0 Å². The Hall–Kier alpha value is -1.84. The van der Waals surface area contributed by atoms with Gasteiger partial charge >= 0.3 is 0 Å². The zero-order valence-corrected chi connectivity index (χ0v) is 13.3. The number of aryl methyl sites for hydroxylation is 1. The normalized spacial score (nSPS) is 22.5. The molecular formula is C18H19ClN2O. The molecule has 0 aromatic heterocycles.